The van der Waals surface area contributed by atoms with E-state index in [4.69, 9.17) is 5.11 Å². The lowest BCUT2D eigenvalue weighted by atomic mass is 10.1. The van der Waals surface area contributed by atoms with Crippen molar-refractivity contribution in [2.45, 2.75) is 58.4 Å². The number of carboxylic acid groups (broad SMARTS) is 1. The summed E-state index contributed by atoms with van der Waals surface area (Å²) in [4.78, 5) is 13.3. The highest BCUT2D eigenvalue weighted by Crippen LogP contribution is 2.24. The molecule has 0 amide bonds. The zero-order valence-corrected chi connectivity index (χ0v) is 10.6. The molecule has 1 saturated carbocycles. The fraction of sp³-hybridized carbons (Fsp3) is 0.923. The van der Waals surface area contributed by atoms with Gasteiger partial charge in [0.1, 0.15) is 0 Å². The molecule has 0 aromatic rings. The van der Waals surface area contributed by atoms with E-state index in [-0.39, 0.29) is 5.92 Å². The van der Waals surface area contributed by atoms with Crippen LogP contribution in [0.3, 0.4) is 0 Å². The van der Waals surface area contributed by atoms with E-state index in [1.165, 1.54) is 38.5 Å². The molecule has 1 atom stereocenters. The van der Waals surface area contributed by atoms with Gasteiger partial charge in [-0.05, 0) is 25.8 Å². The van der Waals surface area contributed by atoms with Crippen LogP contribution in [0.25, 0.3) is 0 Å². The number of carboxylic acids is 1. The minimum atomic E-state index is -0.667. The SMILES string of the molecule is CCCCN(CC(C)C(=O)O)C1CCCC1. The van der Waals surface area contributed by atoms with Gasteiger partial charge in [0, 0.05) is 12.6 Å². The van der Waals surface area contributed by atoms with E-state index in [2.05, 4.69) is 11.8 Å². The molecular weight excluding hydrogens is 202 g/mol. The molecule has 0 aromatic heterocycles. The van der Waals surface area contributed by atoms with Gasteiger partial charge in [0.05, 0.1) is 5.92 Å². The van der Waals surface area contributed by atoms with Crippen molar-refractivity contribution in [3.05, 3.63) is 0 Å². The first-order valence-electron chi connectivity index (χ1n) is 6.62. The molecule has 0 aliphatic heterocycles. The summed E-state index contributed by atoms with van der Waals surface area (Å²) in [5.74, 6) is -0.906. The lowest BCUT2D eigenvalue weighted by Crippen LogP contribution is -2.39. The Balaban J connectivity index is 2.45. The minimum Gasteiger partial charge on any atom is -0.481 e. The van der Waals surface area contributed by atoms with Crippen molar-refractivity contribution in [3.63, 3.8) is 0 Å². The van der Waals surface area contributed by atoms with Gasteiger partial charge in [-0.2, -0.15) is 0 Å². The Morgan fingerprint density at radius 2 is 2.06 bits per heavy atom. The number of hydrogen-bond acceptors (Lipinski definition) is 2. The largest absolute Gasteiger partial charge is 0.481 e. The van der Waals surface area contributed by atoms with Crippen LogP contribution in [0.5, 0.6) is 0 Å². The van der Waals surface area contributed by atoms with Gasteiger partial charge < -0.3 is 5.11 Å². The zero-order chi connectivity index (χ0) is 12.0. The maximum atomic E-state index is 10.9. The summed E-state index contributed by atoms with van der Waals surface area (Å²) in [7, 11) is 0. The third-order valence-electron chi connectivity index (χ3n) is 3.57. The normalized spacial score (nSPS) is 19.2. The summed E-state index contributed by atoms with van der Waals surface area (Å²) in [5, 5.41) is 8.97. The van der Waals surface area contributed by atoms with E-state index in [1.807, 2.05) is 6.92 Å². The highest BCUT2D eigenvalue weighted by molar-refractivity contribution is 5.69. The number of unbranched alkanes of at least 4 members (excludes halogenated alkanes) is 1. The Bertz CT molecular complexity index is 212. The van der Waals surface area contributed by atoms with Crippen LogP contribution < -0.4 is 0 Å². The van der Waals surface area contributed by atoms with Gasteiger partial charge >= 0.3 is 5.97 Å². The average Bonchev–Trinajstić information content (AvgIpc) is 2.76. The molecule has 1 N–H and O–H groups in total. The fourth-order valence-electron chi connectivity index (χ4n) is 2.48. The van der Waals surface area contributed by atoms with Gasteiger partial charge in [-0.25, -0.2) is 0 Å². The quantitative estimate of drug-likeness (QED) is 0.727. The lowest BCUT2D eigenvalue weighted by Gasteiger charge is -2.30. The maximum Gasteiger partial charge on any atom is 0.307 e. The van der Waals surface area contributed by atoms with Crippen LogP contribution in [-0.4, -0.2) is 35.1 Å². The number of aliphatic carboxylic acids is 1. The van der Waals surface area contributed by atoms with Crippen molar-refractivity contribution in [1.82, 2.24) is 4.90 Å². The van der Waals surface area contributed by atoms with Crippen molar-refractivity contribution in [1.29, 1.82) is 0 Å². The molecule has 0 radical (unpaired) electrons. The molecular formula is C13H25NO2. The Kier molecular flexibility index (Phi) is 5.81. The fourth-order valence-corrected chi connectivity index (χ4v) is 2.48. The summed E-state index contributed by atoms with van der Waals surface area (Å²) in [6, 6.07) is 0.647. The lowest BCUT2D eigenvalue weighted by molar-refractivity contribution is -0.141. The smallest absolute Gasteiger partial charge is 0.307 e. The number of hydrogen-bond donors (Lipinski definition) is 1. The molecule has 0 heterocycles. The topological polar surface area (TPSA) is 40.5 Å². The van der Waals surface area contributed by atoms with Crippen LogP contribution in [0.4, 0.5) is 0 Å². The van der Waals surface area contributed by atoms with Crippen LogP contribution in [0.1, 0.15) is 52.4 Å². The third-order valence-corrected chi connectivity index (χ3v) is 3.57. The number of nitrogens with zero attached hydrogens (tertiary/aromatic N) is 1. The van der Waals surface area contributed by atoms with Crippen molar-refractivity contribution in [2.24, 2.45) is 5.92 Å². The zero-order valence-electron chi connectivity index (χ0n) is 10.6. The molecule has 0 spiro atoms. The van der Waals surface area contributed by atoms with E-state index in [9.17, 15) is 4.79 Å². The van der Waals surface area contributed by atoms with Crippen molar-refractivity contribution >= 4 is 5.97 Å². The average molecular weight is 227 g/mol. The Morgan fingerprint density at radius 1 is 1.44 bits per heavy atom. The summed E-state index contributed by atoms with van der Waals surface area (Å²) < 4.78 is 0. The van der Waals surface area contributed by atoms with Crippen LogP contribution in [0.15, 0.2) is 0 Å². The molecule has 3 nitrogen and oxygen atoms in total. The van der Waals surface area contributed by atoms with Gasteiger partial charge in [0.2, 0.25) is 0 Å². The second kappa shape index (κ2) is 6.89. The summed E-state index contributed by atoms with van der Waals surface area (Å²) in [6.07, 6.45) is 7.52. The molecule has 0 saturated heterocycles. The third kappa shape index (κ3) is 4.12. The molecule has 1 aliphatic rings. The van der Waals surface area contributed by atoms with Gasteiger partial charge in [-0.3, -0.25) is 9.69 Å². The predicted octanol–water partition coefficient (Wildman–Crippen LogP) is 2.75. The second-order valence-electron chi connectivity index (χ2n) is 5.03. The van der Waals surface area contributed by atoms with E-state index >= 15 is 0 Å². The predicted molar refractivity (Wildman–Crippen MR) is 65.5 cm³/mol. The van der Waals surface area contributed by atoms with Crippen molar-refractivity contribution in [2.75, 3.05) is 13.1 Å². The Hall–Kier alpha value is -0.570. The molecule has 16 heavy (non-hydrogen) atoms. The van der Waals surface area contributed by atoms with Crippen molar-refractivity contribution < 1.29 is 9.90 Å². The molecule has 1 aliphatic carbocycles. The summed E-state index contributed by atoms with van der Waals surface area (Å²) in [5.41, 5.74) is 0. The van der Waals surface area contributed by atoms with Crippen LogP contribution >= 0.6 is 0 Å². The molecule has 1 unspecified atom stereocenters. The van der Waals surface area contributed by atoms with Crippen LogP contribution in [-0.2, 0) is 4.79 Å². The molecule has 1 rings (SSSR count). The van der Waals surface area contributed by atoms with Crippen LogP contribution in [0, 0.1) is 5.92 Å². The van der Waals surface area contributed by atoms with E-state index in [0.29, 0.717) is 6.04 Å². The van der Waals surface area contributed by atoms with Crippen LogP contribution in [0.2, 0.25) is 0 Å². The number of carbonyl (C=O) groups is 1. The molecule has 94 valence electrons. The molecule has 1 fully saturated rings. The van der Waals surface area contributed by atoms with Gasteiger partial charge in [0.15, 0.2) is 0 Å². The Labute approximate surface area is 98.8 Å². The van der Waals surface area contributed by atoms with Gasteiger partial charge in [0.25, 0.3) is 0 Å². The van der Waals surface area contributed by atoms with Gasteiger partial charge in [-0.15, -0.1) is 0 Å². The monoisotopic (exact) mass is 227 g/mol. The molecule has 3 heteroatoms. The highest BCUT2D eigenvalue weighted by Gasteiger charge is 2.25. The molecule has 0 bridgehead atoms. The van der Waals surface area contributed by atoms with E-state index in [1.54, 1.807) is 0 Å². The van der Waals surface area contributed by atoms with Gasteiger partial charge in [-0.1, -0.05) is 33.1 Å². The maximum absolute atomic E-state index is 10.9. The first-order chi connectivity index (χ1) is 7.65. The first-order valence-corrected chi connectivity index (χ1v) is 6.62. The Morgan fingerprint density at radius 3 is 2.56 bits per heavy atom. The standard InChI is InChI=1S/C13H25NO2/c1-3-4-9-14(10-11(2)13(15)16)12-7-5-6-8-12/h11-12H,3-10H2,1-2H3,(H,15,16). The summed E-state index contributed by atoms with van der Waals surface area (Å²) >= 11 is 0. The number of rotatable bonds is 7. The summed E-state index contributed by atoms with van der Waals surface area (Å²) in [6.45, 7) is 5.79. The second-order valence-corrected chi connectivity index (χ2v) is 5.03. The van der Waals surface area contributed by atoms with E-state index < -0.39 is 5.97 Å². The molecule has 0 aromatic carbocycles. The van der Waals surface area contributed by atoms with Crippen molar-refractivity contribution in [3.8, 4) is 0 Å². The first kappa shape index (κ1) is 13.5. The minimum absolute atomic E-state index is 0.238. The highest BCUT2D eigenvalue weighted by atomic mass is 16.4. The van der Waals surface area contributed by atoms with E-state index in [0.717, 1.165) is 13.1 Å².